The van der Waals surface area contributed by atoms with E-state index in [1.165, 1.54) is 24.4 Å². The van der Waals surface area contributed by atoms with Crippen molar-refractivity contribution in [3.8, 4) is 0 Å². The van der Waals surface area contributed by atoms with E-state index in [1.54, 1.807) is 24.3 Å². The molecular formula is C39H43ClFN5O2. The van der Waals surface area contributed by atoms with Gasteiger partial charge < -0.3 is 14.8 Å². The predicted octanol–water partition coefficient (Wildman–Crippen LogP) is 7.46. The van der Waals surface area contributed by atoms with E-state index in [0.29, 0.717) is 47.4 Å². The zero-order chi connectivity index (χ0) is 33.0. The zero-order valence-corrected chi connectivity index (χ0v) is 28.3. The van der Waals surface area contributed by atoms with Crippen molar-refractivity contribution in [2.45, 2.75) is 94.3 Å². The topological polar surface area (TPSA) is 70.5 Å². The number of piperidine rings is 2. The van der Waals surface area contributed by atoms with Gasteiger partial charge in [0.2, 0.25) is 0 Å². The van der Waals surface area contributed by atoms with Crippen LogP contribution in [0.3, 0.4) is 0 Å². The molecule has 3 aliphatic heterocycles. The summed E-state index contributed by atoms with van der Waals surface area (Å²) < 4.78 is 17.1. The number of aromatic nitrogens is 2. The first kappa shape index (κ1) is 31.5. The number of aryl methyl sites for hydroxylation is 1. The van der Waals surface area contributed by atoms with Gasteiger partial charge in [-0.3, -0.25) is 14.5 Å². The largest absolute Gasteiger partial charge is 0.349 e. The molecule has 1 unspecified atom stereocenters. The van der Waals surface area contributed by atoms with Crippen LogP contribution < -0.4 is 5.32 Å². The Hall–Kier alpha value is -3.75. The van der Waals surface area contributed by atoms with Gasteiger partial charge >= 0.3 is 0 Å². The number of fused-ring (bicyclic) bond motifs is 3. The van der Waals surface area contributed by atoms with E-state index in [4.69, 9.17) is 16.6 Å². The predicted molar refractivity (Wildman–Crippen MR) is 186 cm³/mol. The Bertz CT molecular complexity index is 1850. The zero-order valence-electron chi connectivity index (χ0n) is 27.5. The second kappa shape index (κ2) is 12.6. The van der Waals surface area contributed by atoms with Gasteiger partial charge in [-0.25, -0.2) is 9.37 Å². The summed E-state index contributed by atoms with van der Waals surface area (Å²) in [5.74, 6) is 0.548. The molecule has 1 saturated carbocycles. The molecule has 3 saturated heterocycles. The highest BCUT2D eigenvalue weighted by atomic mass is 35.5. The Kier molecular flexibility index (Phi) is 8.28. The van der Waals surface area contributed by atoms with Crippen molar-refractivity contribution < 1.29 is 14.0 Å². The molecule has 9 heteroatoms. The molecule has 250 valence electrons. The van der Waals surface area contributed by atoms with Crippen molar-refractivity contribution in [1.29, 1.82) is 0 Å². The van der Waals surface area contributed by atoms with E-state index in [1.807, 2.05) is 11.0 Å². The van der Waals surface area contributed by atoms with Crippen molar-refractivity contribution in [3.05, 3.63) is 100 Å². The van der Waals surface area contributed by atoms with E-state index < -0.39 is 0 Å². The van der Waals surface area contributed by atoms with E-state index >= 15 is 0 Å². The van der Waals surface area contributed by atoms with Gasteiger partial charge in [0.1, 0.15) is 11.6 Å². The molecule has 1 aliphatic carbocycles. The number of benzene rings is 3. The van der Waals surface area contributed by atoms with Crippen LogP contribution >= 0.6 is 11.6 Å². The minimum absolute atomic E-state index is 0.156. The van der Waals surface area contributed by atoms with E-state index in [2.05, 4.69) is 52.0 Å². The SMILES string of the molecule is Cc1nc2ccccc2n1C1C[C@H]2CC[C@@H](C1)N2CCC1(c2cccc(F)c2)CCN(C(=O)c2cc(C(=O)NC3CC3)ccc2Cl)CC1. The fraction of sp³-hybridized carbons (Fsp3) is 0.462. The highest BCUT2D eigenvalue weighted by Gasteiger charge is 2.44. The quantitative estimate of drug-likeness (QED) is 0.212. The lowest BCUT2D eigenvalue weighted by Gasteiger charge is -2.45. The average molecular weight is 668 g/mol. The van der Waals surface area contributed by atoms with Crippen LogP contribution in [0.1, 0.15) is 95.9 Å². The smallest absolute Gasteiger partial charge is 0.255 e. The van der Waals surface area contributed by atoms with E-state index in [0.717, 1.165) is 68.4 Å². The van der Waals surface area contributed by atoms with E-state index in [-0.39, 0.29) is 29.1 Å². The van der Waals surface area contributed by atoms with Gasteiger partial charge in [0.05, 0.1) is 21.6 Å². The third-order valence-electron chi connectivity index (χ3n) is 11.7. The number of rotatable bonds is 8. The molecule has 2 bridgehead atoms. The molecule has 2 amide bonds. The van der Waals surface area contributed by atoms with Crippen LogP contribution in [0, 0.1) is 12.7 Å². The molecule has 0 radical (unpaired) electrons. The molecule has 8 rings (SSSR count). The number of imidazole rings is 1. The summed E-state index contributed by atoms with van der Waals surface area (Å²) >= 11 is 6.52. The highest BCUT2D eigenvalue weighted by Crippen LogP contribution is 2.45. The molecule has 4 fully saturated rings. The summed E-state index contributed by atoms with van der Waals surface area (Å²) in [7, 11) is 0. The summed E-state index contributed by atoms with van der Waals surface area (Å²) in [5, 5.41) is 3.34. The number of halogens is 2. The lowest BCUT2D eigenvalue weighted by molar-refractivity contribution is 0.0606. The van der Waals surface area contributed by atoms with Crippen LogP contribution in [0.4, 0.5) is 4.39 Å². The monoisotopic (exact) mass is 667 g/mol. The maximum atomic E-state index is 14.7. The number of hydrogen-bond acceptors (Lipinski definition) is 4. The Labute approximate surface area is 286 Å². The second-order valence-electron chi connectivity index (χ2n) is 14.5. The van der Waals surface area contributed by atoms with Gasteiger partial charge in [-0.2, -0.15) is 0 Å². The van der Waals surface area contributed by atoms with Crippen LogP contribution in [-0.4, -0.2) is 68.9 Å². The number of amides is 2. The van der Waals surface area contributed by atoms with Crippen molar-refractivity contribution in [2.24, 2.45) is 0 Å². The van der Waals surface area contributed by atoms with Crippen molar-refractivity contribution in [2.75, 3.05) is 19.6 Å². The van der Waals surface area contributed by atoms with Crippen LogP contribution in [0.2, 0.25) is 5.02 Å². The van der Waals surface area contributed by atoms with Gasteiger partial charge in [0.15, 0.2) is 0 Å². The van der Waals surface area contributed by atoms with Crippen LogP contribution in [0.15, 0.2) is 66.7 Å². The number of para-hydroxylation sites is 2. The van der Waals surface area contributed by atoms with Crippen molar-refractivity contribution in [1.82, 2.24) is 24.7 Å². The Balaban J connectivity index is 0.977. The standard InChI is InChI=1S/C39H43ClFN5O2/c1-25-42-35-7-2-3-8-36(35)46(25)32-23-30-12-13-31(24-32)45(30)20-17-39(27-5-4-6-28(41)22-27)15-18-44(19-16-39)38(48)33-21-26(9-14-34(33)40)37(47)43-29-10-11-29/h2-9,14,21-22,29-32H,10-13,15-20,23-24H2,1H3,(H,43,47)/t30-,31+,32?. The highest BCUT2D eigenvalue weighted by molar-refractivity contribution is 6.34. The fourth-order valence-corrected chi connectivity index (χ4v) is 9.13. The molecule has 4 aliphatic rings. The van der Waals surface area contributed by atoms with Crippen LogP contribution in [0.25, 0.3) is 11.0 Å². The summed E-state index contributed by atoms with van der Waals surface area (Å²) in [6.45, 7) is 4.18. The third-order valence-corrected chi connectivity index (χ3v) is 12.0. The number of likely N-dealkylation sites (tertiary alicyclic amines) is 1. The minimum Gasteiger partial charge on any atom is -0.349 e. The van der Waals surface area contributed by atoms with E-state index in [9.17, 15) is 14.0 Å². The number of nitrogens with one attached hydrogen (secondary N) is 1. The first-order valence-corrected chi connectivity index (χ1v) is 18.0. The molecule has 3 atom stereocenters. The van der Waals surface area contributed by atoms with Gasteiger partial charge in [0, 0.05) is 42.8 Å². The first-order chi connectivity index (χ1) is 23.3. The number of nitrogens with zero attached hydrogens (tertiary/aromatic N) is 4. The van der Waals surface area contributed by atoms with Gasteiger partial charge in [-0.15, -0.1) is 0 Å². The molecule has 48 heavy (non-hydrogen) atoms. The summed E-state index contributed by atoms with van der Waals surface area (Å²) in [5.41, 5.74) is 3.90. The minimum atomic E-state index is -0.234. The summed E-state index contributed by atoms with van der Waals surface area (Å²) in [6, 6.07) is 22.2. The molecule has 3 aromatic carbocycles. The Morgan fingerprint density at radius 1 is 0.938 bits per heavy atom. The van der Waals surface area contributed by atoms with Crippen LogP contribution in [-0.2, 0) is 5.41 Å². The maximum Gasteiger partial charge on any atom is 0.255 e. The maximum absolute atomic E-state index is 14.7. The Morgan fingerprint density at radius 3 is 2.42 bits per heavy atom. The number of carbonyl (C=O) groups excluding carboxylic acids is 2. The van der Waals surface area contributed by atoms with Gasteiger partial charge in [-0.1, -0.05) is 35.9 Å². The molecule has 7 nitrogen and oxygen atoms in total. The molecule has 1 aromatic heterocycles. The molecular weight excluding hydrogens is 625 g/mol. The lowest BCUT2D eigenvalue weighted by atomic mass is 9.70. The van der Waals surface area contributed by atoms with Crippen molar-refractivity contribution in [3.63, 3.8) is 0 Å². The van der Waals surface area contributed by atoms with Crippen LogP contribution in [0.5, 0.6) is 0 Å². The molecule has 0 spiro atoms. The molecule has 1 N–H and O–H groups in total. The van der Waals surface area contributed by atoms with Gasteiger partial charge in [-0.05, 0) is 125 Å². The first-order valence-electron chi connectivity index (χ1n) is 17.6. The van der Waals surface area contributed by atoms with Gasteiger partial charge in [0.25, 0.3) is 11.8 Å². The average Bonchev–Trinajstić information content (AvgIpc) is 3.79. The van der Waals surface area contributed by atoms with Crippen molar-refractivity contribution >= 4 is 34.4 Å². The third kappa shape index (κ3) is 5.91. The summed E-state index contributed by atoms with van der Waals surface area (Å²) in [6.07, 6.45) is 9.04. The number of carbonyl (C=O) groups is 2. The lowest BCUT2D eigenvalue weighted by Crippen LogP contribution is -2.49. The summed E-state index contributed by atoms with van der Waals surface area (Å²) in [4.78, 5) is 36.0. The normalized spacial score (nSPS) is 23.8. The Morgan fingerprint density at radius 2 is 1.69 bits per heavy atom. The second-order valence-corrected chi connectivity index (χ2v) is 14.9. The molecule has 4 aromatic rings. The molecule has 4 heterocycles. The fourth-order valence-electron chi connectivity index (χ4n) is 8.93. The number of hydrogen-bond donors (Lipinski definition) is 1.